The van der Waals surface area contributed by atoms with Crippen molar-refractivity contribution in [3.05, 3.63) is 83.4 Å². The number of alkyl halides is 6. The highest BCUT2D eigenvalue weighted by Crippen LogP contribution is 2.40. The highest BCUT2D eigenvalue weighted by molar-refractivity contribution is 5.37. The van der Waals surface area contributed by atoms with Crippen molar-refractivity contribution < 1.29 is 40.9 Å². The zero-order valence-electron chi connectivity index (χ0n) is 21.4. The van der Waals surface area contributed by atoms with Crippen LogP contribution in [0.3, 0.4) is 0 Å². The molecule has 3 aromatic rings. The van der Waals surface area contributed by atoms with Crippen LogP contribution in [0, 0.1) is 12.0 Å². The lowest BCUT2D eigenvalue weighted by Gasteiger charge is -2.47. The number of hydrogen-bond acceptors (Lipinski definition) is 6. The quantitative estimate of drug-likeness (QED) is 0.248. The Hall–Kier alpha value is -3.60. The van der Waals surface area contributed by atoms with E-state index >= 15 is 0 Å². The lowest BCUT2D eigenvalue weighted by Crippen LogP contribution is -2.61. The first-order valence-electron chi connectivity index (χ1n) is 12.1. The van der Waals surface area contributed by atoms with Gasteiger partial charge in [0.2, 0.25) is 0 Å². The van der Waals surface area contributed by atoms with Crippen molar-refractivity contribution >= 4 is 0 Å². The summed E-state index contributed by atoms with van der Waals surface area (Å²) < 4.78 is 92.1. The number of ether oxygens (including phenoxy) is 2. The molecule has 13 heteroatoms. The number of aliphatic hydroxyl groups is 1. The van der Waals surface area contributed by atoms with Gasteiger partial charge in [0.1, 0.15) is 35.9 Å². The molecule has 0 bridgehead atoms. The normalized spacial score (nSPS) is 23.1. The maximum Gasteiger partial charge on any atom is 0.416 e. The first-order chi connectivity index (χ1) is 18.8. The standard InChI is InChI=1S/C27H26F6N4O3/c1-18(19-12-21(26(28,29)30)14-22(13-19)27(31,32)33)40-11-10-24(20-6-4-3-5-7-20)8-9-25(15-34-24,23(38)39-2)37-16-35-36-17-37/h3-7,12-14,16-18,23,34,38H,8-9,15H2,1-2H3/t18-,23?,24-,25-/m1/s1. The fourth-order valence-corrected chi connectivity index (χ4v) is 4.73. The molecular formula is C27H26F6N4O3. The molecule has 214 valence electrons. The van der Waals surface area contributed by atoms with Crippen LogP contribution >= 0.6 is 0 Å². The Morgan fingerprint density at radius 2 is 1.57 bits per heavy atom. The summed E-state index contributed by atoms with van der Waals surface area (Å²) in [5.74, 6) is 2.99. The van der Waals surface area contributed by atoms with Crippen LogP contribution in [0.15, 0.2) is 61.2 Å². The van der Waals surface area contributed by atoms with E-state index in [9.17, 15) is 31.4 Å². The van der Waals surface area contributed by atoms with E-state index in [4.69, 9.17) is 9.47 Å². The van der Waals surface area contributed by atoms with Crippen molar-refractivity contribution in [2.24, 2.45) is 0 Å². The van der Waals surface area contributed by atoms with Gasteiger partial charge in [-0.3, -0.25) is 5.32 Å². The molecule has 1 fully saturated rings. The van der Waals surface area contributed by atoms with Crippen LogP contribution in [-0.2, 0) is 32.9 Å². The Morgan fingerprint density at radius 1 is 0.975 bits per heavy atom. The molecule has 2 heterocycles. The number of piperidine rings is 1. The van der Waals surface area contributed by atoms with Crippen LogP contribution in [0.25, 0.3) is 0 Å². The minimum Gasteiger partial charge on any atom is -0.439 e. The number of halogens is 6. The van der Waals surface area contributed by atoms with Gasteiger partial charge in [0.05, 0.1) is 11.1 Å². The fourth-order valence-electron chi connectivity index (χ4n) is 4.73. The van der Waals surface area contributed by atoms with Crippen LogP contribution in [0.4, 0.5) is 26.3 Å². The van der Waals surface area contributed by atoms with E-state index in [-0.39, 0.29) is 18.2 Å². The van der Waals surface area contributed by atoms with E-state index in [1.54, 1.807) is 16.7 Å². The first-order valence-corrected chi connectivity index (χ1v) is 12.1. The summed E-state index contributed by atoms with van der Waals surface area (Å²) in [4.78, 5) is 0. The molecule has 1 unspecified atom stereocenters. The summed E-state index contributed by atoms with van der Waals surface area (Å²) in [5, 5.41) is 21.7. The van der Waals surface area contributed by atoms with Gasteiger partial charge in [-0.25, -0.2) is 0 Å². The Morgan fingerprint density at radius 3 is 2.08 bits per heavy atom. The third-order valence-electron chi connectivity index (χ3n) is 7.09. The summed E-state index contributed by atoms with van der Waals surface area (Å²) in [5.41, 5.74) is -4.43. The summed E-state index contributed by atoms with van der Waals surface area (Å²) in [6.45, 7) is 1.47. The second kappa shape index (κ2) is 11.1. The van der Waals surface area contributed by atoms with Gasteiger partial charge in [0.15, 0.2) is 6.29 Å². The molecule has 2 N–H and O–H groups in total. The number of aromatic nitrogens is 3. The zero-order chi connectivity index (χ0) is 29.2. The number of nitrogens with zero attached hydrogens (tertiary/aromatic N) is 3. The average molecular weight is 569 g/mol. The van der Waals surface area contributed by atoms with Crippen molar-refractivity contribution in [1.82, 2.24) is 20.1 Å². The van der Waals surface area contributed by atoms with Gasteiger partial charge in [0.25, 0.3) is 0 Å². The SMILES string of the molecule is COC(O)[C@@]1(n2cnnc2)CC[C@@](C#CO[C@H](C)c2cc(C(F)(F)F)cc(C(F)(F)F)c2)(c2ccccc2)NC1. The Bertz CT molecular complexity index is 1310. The smallest absolute Gasteiger partial charge is 0.416 e. The molecule has 0 aliphatic carbocycles. The van der Waals surface area contributed by atoms with Gasteiger partial charge in [-0.15, -0.1) is 10.2 Å². The molecule has 1 aliphatic heterocycles. The molecule has 4 atom stereocenters. The van der Waals surface area contributed by atoms with E-state index in [1.807, 2.05) is 18.2 Å². The van der Waals surface area contributed by atoms with Gasteiger partial charge >= 0.3 is 12.4 Å². The van der Waals surface area contributed by atoms with Gasteiger partial charge < -0.3 is 19.1 Å². The Labute approximate surface area is 226 Å². The third kappa shape index (κ3) is 5.94. The molecule has 2 aromatic carbocycles. The van der Waals surface area contributed by atoms with E-state index in [2.05, 4.69) is 27.5 Å². The summed E-state index contributed by atoms with van der Waals surface area (Å²) >= 11 is 0. The largest absolute Gasteiger partial charge is 0.439 e. The minimum absolute atomic E-state index is 0.0642. The van der Waals surface area contributed by atoms with Gasteiger partial charge in [0, 0.05) is 13.7 Å². The predicted octanol–water partition coefficient (Wildman–Crippen LogP) is 4.99. The van der Waals surface area contributed by atoms with Crippen molar-refractivity contribution in [2.45, 2.75) is 55.6 Å². The first kappa shape index (κ1) is 29.4. The minimum atomic E-state index is -4.98. The van der Waals surface area contributed by atoms with Gasteiger partial charge in [-0.2, -0.15) is 26.3 Å². The molecule has 1 saturated heterocycles. The maximum atomic E-state index is 13.3. The third-order valence-corrected chi connectivity index (χ3v) is 7.09. The molecule has 0 saturated carbocycles. The number of aliphatic hydroxyl groups excluding tert-OH is 1. The van der Waals surface area contributed by atoms with Crippen LogP contribution < -0.4 is 5.32 Å². The number of rotatable bonds is 6. The highest BCUT2D eigenvalue weighted by atomic mass is 19.4. The van der Waals surface area contributed by atoms with Crippen molar-refractivity contribution in [2.75, 3.05) is 13.7 Å². The molecule has 0 amide bonds. The number of methoxy groups -OCH3 is 1. The van der Waals surface area contributed by atoms with E-state index < -0.39 is 47.0 Å². The van der Waals surface area contributed by atoms with E-state index in [0.29, 0.717) is 25.0 Å². The predicted molar refractivity (Wildman–Crippen MR) is 130 cm³/mol. The second-order valence-corrected chi connectivity index (χ2v) is 9.51. The van der Waals surface area contributed by atoms with E-state index in [0.717, 1.165) is 5.56 Å². The second-order valence-electron chi connectivity index (χ2n) is 9.51. The monoisotopic (exact) mass is 568 g/mol. The average Bonchev–Trinajstić information content (AvgIpc) is 3.48. The zero-order valence-corrected chi connectivity index (χ0v) is 21.4. The van der Waals surface area contributed by atoms with Crippen molar-refractivity contribution in [3.63, 3.8) is 0 Å². The molecular weight excluding hydrogens is 542 g/mol. The fraction of sp³-hybridized carbons (Fsp3) is 0.407. The molecule has 4 rings (SSSR count). The number of benzene rings is 2. The number of nitrogens with one attached hydrogen (secondary N) is 1. The number of hydrogen-bond donors (Lipinski definition) is 2. The molecule has 0 radical (unpaired) electrons. The van der Waals surface area contributed by atoms with Crippen LogP contribution in [0.2, 0.25) is 0 Å². The van der Waals surface area contributed by atoms with Crippen LogP contribution in [0.1, 0.15) is 48.1 Å². The maximum absolute atomic E-state index is 13.3. The molecule has 1 aliphatic rings. The van der Waals surface area contributed by atoms with Crippen LogP contribution in [-0.4, -0.2) is 39.8 Å². The lowest BCUT2D eigenvalue weighted by atomic mass is 9.76. The van der Waals surface area contributed by atoms with Crippen molar-refractivity contribution in [3.8, 4) is 12.0 Å². The summed E-state index contributed by atoms with van der Waals surface area (Å²) in [6.07, 6.45) is -6.29. The van der Waals surface area contributed by atoms with Gasteiger partial charge in [-0.1, -0.05) is 30.3 Å². The van der Waals surface area contributed by atoms with Crippen molar-refractivity contribution in [1.29, 1.82) is 0 Å². The van der Waals surface area contributed by atoms with Gasteiger partial charge in [-0.05, 0) is 55.0 Å². The topological polar surface area (TPSA) is 81.4 Å². The molecule has 7 nitrogen and oxygen atoms in total. The summed E-state index contributed by atoms with van der Waals surface area (Å²) in [6, 6.07) is 10.4. The summed E-state index contributed by atoms with van der Waals surface area (Å²) in [7, 11) is 1.36. The highest BCUT2D eigenvalue weighted by Gasteiger charge is 2.48. The molecule has 1 aromatic heterocycles. The Balaban J connectivity index is 1.64. The Kier molecular flexibility index (Phi) is 8.16. The van der Waals surface area contributed by atoms with E-state index in [1.165, 1.54) is 26.7 Å². The van der Waals surface area contributed by atoms with Crippen LogP contribution in [0.5, 0.6) is 0 Å². The molecule has 40 heavy (non-hydrogen) atoms. The lowest BCUT2D eigenvalue weighted by molar-refractivity contribution is -0.160. The molecule has 0 spiro atoms.